The number of rotatable bonds is 6. The van der Waals surface area contributed by atoms with Gasteiger partial charge >= 0.3 is 12.0 Å². The molecule has 0 aromatic carbocycles. The second-order valence-corrected chi connectivity index (χ2v) is 12.8. The molecule has 7 unspecified atom stereocenters. The highest BCUT2D eigenvalue weighted by molar-refractivity contribution is 5.74. The summed E-state index contributed by atoms with van der Waals surface area (Å²) in [4.78, 5) is 27.3. The van der Waals surface area contributed by atoms with Crippen molar-refractivity contribution >= 4 is 12.0 Å². The first-order valence-electron chi connectivity index (χ1n) is 16.6. The van der Waals surface area contributed by atoms with Crippen LogP contribution in [0, 0.1) is 11.8 Å². The minimum atomic E-state index is -0.322. The van der Waals surface area contributed by atoms with Gasteiger partial charge in [-0.25, -0.2) is 4.79 Å². The number of fused-ring (bicyclic) bond motifs is 4. The number of hydrogen-bond donors (Lipinski definition) is 2. The average molecular weight is 586 g/mol. The van der Waals surface area contributed by atoms with E-state index in [1.807, 2.05) is 4.90 Å². The molecule has 0 saturated carbocycles. The Morgan fingerprint density at radius 3 is 2.52 bits per heavy atom. The molecule has 0 aromatic heterocycles. The lowest BCUT2D eigenvalue weighted by Crippen LogP contribution is -2.50. The van der Waals surface area contributed by atoms with Crippen molar-refractivity contribution in [2.45, 2.75) is 122 Å². The number of nitrogens with one attached hydrogen (secondary N) is 2. The van der Waals surface area contributed by atoms with E-state index in [0.29, 0.717) is 18.6 Å². The lowest BCUT2D eigenvalue weighted by Gasteiger charge is -2.37. The average Bonchev–Trinajstić information content (AvgIpc) is 2.98. The Hall–Kier alpha value is -2.16. The van der Waals surface area contributed by atoms with Gasteiger partial charge in [-0.3, -0.25) is 4.79 Å². The zero-order valence-electron chi connectivity index (χ0n) is 26.2. The third-order valence-electron chi connectivity index (χ3n) is 9.10. The highest BCUT2D eigenvalue weighted by Gasteiger charge is 2.32. The van der Waals surface area contributed by atoms with E-state index in [1.54, 1.807) is 0 Å². The first-order valence-corrected chi connectivity index (χ1v) is 16.6. The summed E-state index contributed by atoms with van der Waals surface area (Å²) >= 11 is 0. The van der Waals surface area contributed by atoms with Crippen LogP contribution in [0.3, 0.4) is 0 Å². The molecule has 3 saturated heterocycles. The van der Waals surface area contributed by atoms with Crippen LogP contribution in [0.1, 0.15) is 91.4 Å². The van der Waals surface area contributed by atoms with E-state index in [1.165, 1.54) is 12.0 Å². The molecule has 4 aliphatic rings. The molecule has 0 spiro atoms. The molecule has 42 heavy (non-hydrogen) atoms. The Morgan fingerprint density at radius 1 is 1.00 bits per heavy atom. The summed E-state index contributed by atoms with van der Waals surface area (Å²) in [5, 5.41) is 6.30. The van der Waals surface area contributed by atoms with Crippen LogP contribution in [-0.4, -0.2) is 80.1 Å². The fourth-order valence-corrected chi connectivity index (χ4v) is 6.62. The molecule has 7 atom stereocenters. The van der Waals surface area contributed by atoms with E-state index in [0.717, 1.165) is 84.0 Å². The minimum Gasteiger partial charge on any atom is -0.457 e. The molecule has 4 aliphatic heterocycles. The van der Waals surface area contributed by atoms with Crippen LogP contribution in [-0.2, 0) is 19.0 Å². The summed E-state index contributed by atoms with van der Waals surface area (Å²) in [6.45, 7) is 10.4. The van der Waals surface area contributed by atoms with Gasteiger partial charge in [0, 0.05) is 45.1 Å². The number of carbonyl (C=O) groups excluding carboxylic acids is 2. The third kappa shape index (κ3) is 10.8. The second-order valence-electron chi connectivity index (χ2n) is 12.8. The van der Waals surface area contributed by atoms with Crippen molar-refractivity contribution < 1.29 is 23.8 Å². The zero-order valence-corrected chi connectivity index (χ0v) is 26.2. The van der Waals surface area contributed by atoms with Gasteiger partial charge in [0.2, 0.25) is 0 Å². The number of unbranched alkanes of at least 4 members (excludes halogenated alkanes) is 2. The van der Waals surface area contributed by atoms with Gasteiger partial charge in [-0.1, -0.05) is 43.7 Å². The standard InChI is InChI=1S/C34H55N3O5/c1-4-27-21-30-23-29-11-9-10-28(40-29)20-25(2)13-14-26(3)32(42-33(38)24-31(22-27)41-30)12-7-5-6-8-15-36-34(39)37-18-16-35-17-19-37/h4,7,12-14,25-26,28-32,35H,5-6,8-11,15-24H2,1-3H3,(H,36,39)/b12-7+,14-13+,27-4-. The van der Waals surface area contributed by atoms with Crippen molar-refractivity contribution in [3.05, 3.63) is 36.0 Å². The summed E-state index contributed by atoms with van der Waals surface area (Å²) < 4.78 is 19.1. The van der Waals surface area contributed by atoms with Gasteiger partial charge in [-0.15, -0.1) is 0 Å². The molecule has 4 bridgehead atoms. The summed E-state index contributed by atoms with van der Waals surface area (Å²) in [6.07, 6.45) is 21.1. The number of allylic oxidation sites excluding steroid dienone is 3. The molecule has 0 aromatic rings. The van der Waals surface area contributed by atoms with Crippen molar-refractivity contribution in [1.29, 1.82) is 0 Å². The van der Waals surface area contributed by atoms with Crippen LogP contribution in [0.5, 0.6) is 0 Å². The van der Waals surface area contributed by atoms with Crippen molar-refractivity contribution in [2.24, 2.45) is 11.8 Å². The Labute approximate surface area is 253 Å². The fraction of sp³-hybridized carbons (Fsp3) is 0.765. The van der Waals surface area contributed by atoms with E-state index >= 15 is 0 Å². The van der Waals surface area contributed by atoms with Crippen molar-refractivity contribution in [1.82, 2.24) is 15.5 Å². The molecule has 8 heteroatoms. The number of cyclic esters (lactones) is 1. The summed E-state index contributed by atoms with van der Waals surface area (Å²) in [5.74, 6) is 0.256. The van der Waals surface area contributed by atoms with E-state index < -0.39 is 0 Å². The van der Waals surface area contributed by atoms with E-state index in [-0.39, 0.29) is 48.8 Å². The lowest BCUT2D eigenvalue weighted by molar-refractivity contribution is -0.154. The maximum absolute atomic E-state index is 13.2. The Kier molecular flexibility index (Phi) is 13.4. The normalized spacial score (nSPS) is 35.1. The molecule has 0 aliphatic carbocycles. The highest BCUT2D eigenvalue weighted by Crippen LogP contribution is 2.33. The van der Waals surface area contributed by atoms with Crippen LogP contribution in [0.2, 0.25) is 0 Å². The molecule has 8 nitrogen and oxygen atoms in total. The number of piperazine rings is 1. The predicted octanol–water partition coefficient (Wildman–Crippen LogP) is 5.68. The largest absolute Gasteiger partial charge is 0.457 e. The first-order chi connectivity index (χ1) is 20.4. The van der Waals surface area contributed by atoms with Gasteiger partial charge in [-0.2, -0.15) is 0 Å². The van der Waals surface area contributed by atoms with E-state index in [9.17, 15) is 9.59 Å². The Balaban J connectivity index is 1.33. The van der Waals surface area contributed by atoms with Gasteiger partial charge in [-0.05, 0) is 76.7 Å². The smallest absolute Gasteiger partial charge is 0.317 e. The highest BCUT2D eigenvalue weighted by atomic mass is 16.5. The van der Waals surface area contributed by atoms with Crippen LogP contribution in [0.15, 0.2) is 36.0 Å². The molecular formula is C34H55N3O5. The molecular weight excluding hydrogens is 530 g/mol. The number of ether oxygens (including phenoxy) is 3. The van der Waals surface area contributed by atoms with Crippen molar-refractivity contribution in [2.75, 3.05) is 32.7 Å². The van der Waals surface area contributed by atoms with E-state index in [4.69, 9.17) is 14.2 Å². The van der Waals surface area contributed by atoms with Gasteiger partial charge in [0.15, 0.2) is 0 Å². The van der Waals surface area contributed by atoms with E-state index in [2.05, 4.69) is 61.8 Å². The molecule has 236 valence electrons. The SMILES string of the molecule is C/C=C1\CC2CC(=O)OC(/C=C/CCCCNC(=O)N3CCNCC3)C(C)/C=C/C(C)CC3CCCC(CC(C1)O2)O3. The Bertz CT molecular complexity index is 943. The van der Waals surface area contributed by atoms with Gasteiger partial charge < -0.3 is 29.7 Å². The fourth-order valence-electron chi connectivity index (χ4n) is 6.62. The number of esters is 1. The van der Waals surface area contributed by atoms with Gasteiger partial charge in [0.05, 0.1) is 30.8 Å². The molecule has 0 radical (unpaired) electrons. The zero-order chi connectivity index (χ0) is 29.7. The summed E-state index contributed by atoms with van der Waals surface area (Å²) in [7, 11) is 0. The molecule has 4 rings (SSSR count). The number of nitrogens with zero attached hydrogens (tertiary/aromatic N) is 1. The monoisotopic (exact) mass is 585 g/mol. The number of amides is 2. The van der Waals surface area contributed by atoms with Crippen molar-refractivity contribution in [3.8, 4) is 0 Å². The molecule has 2 amide bonds. The number of hydrogen-bond acceptors (Lipinski definition) is 6. The third-order valence-corrected chi connectivity index (χ3v) is 9.10. The van der Waals surface area contributed by atoms with Crippen molar-refractivity contribution in [3.63, 3.8) is 0 Å². The molecule has 4 heterocycles. The van der Waals surface area contributed by atoms with Crippen LogP contribution < -0.4 is 10.6 Å². The predicted molar refractivity (Wildman–Crippen MR) is 166 cm³/mol. The van der Waals surface area contributed by atoms with Gasteiger partial charge in [0.25, 0.3) is 0 Å². The number of urea groups is 1. The number of carbonyl (C=O) groups is 2. The minimum absolute atomic E-state index is 0.0320. The summed E-state index contributed by atoms with van der Waals surface area (Å²) in [5.41, 5.74) is 1.36. The molecule has 3 fully saturated rings. The van der Waals surface area contributed by atoms with Gasteiger partial charge in [0.1, 0.15) is 6.10 Å². The van der Waals surface area contributed by atoms with Crippen LogP contribution >= 0.6 is 0 Å². The second kappa shape index (κ2) is 17.2. The topological polar surface area (TPSA) is 89.1 Å². The maximum Gasteiger partial charge on any atom is 0.317 e. The summed E-state index contributed by atoms with van der Waals surface area (Å²) in [6, 6.07) is 0.0320. The van der Waals surface area contributed by atoms with Crippen LogP contribution in [0.25, 0.3) is 0 Å². The maximum atomic E-state index is 13.2. The lowest BCUT2D eigenvalue weighted by atomic mass is 9.90. The quantitative estimate of drug-likeness (QED) is 0.237. The molecule has 2 N–H and O–H groups in total. The first kappa shape index (κ1) is 32.7. The van der Waals surface area contributed by atoms with Crippen LogP contribution in [0.4, 0.5) is 4.79 Å². The Morgan fingerprint density at radius 2 is 1.74 bits per heavy atom.